The molecule has 0 saturated heterocycles. The van der Waals surface area contributed by atoms with Crippen molar-refractivity contribution in [2.75, 3.05) is 0 Å². The van der Waals surface area contributed by atoms with E-state index in [9.17, 15) is 0 Å². The Morgan fingerprint density at radius 3 is 2.43 bits per heavy atom. The van der Waals surface area contributed by atoms with Gasteiger partial charge in [-0.1, -0.05) is 53.5 Å². The predicted octanol–water partition coefficient (Wildman–Crippen LogP) is 6.17. The van der Waals surface area contributed by atoms with Crippen LogP contribution < -0.4 is 0 Å². The molecule has 116 valence electrons. The minimum Gasteiger partial charge on any atom is -0.321 e. The zero-order valence-corrected chi connectivity index (χ0v) is 14.3. The van der Waals surface area contributed by atoms with Gasteiger partial charge in [0.2, 0.25) is 0 Å². The van der Waals surface area contributed by atoms with Crippen molar-refractivity contribution >= 4 is 23.2 Å². The molecule has 0 spiro atoms. The SMILES string of the molecule is Cc1nc(-c2ccc(Cl)cc2Cl)n(C2CC2)c1-c1ccccc1. The molecule has 1 aliphatic rings. The number of hydrogen-bond donors (Lipinski definition) is 0. The van der Waals surface area contributed by atoms with E-state index in [1.54, 1.807) is 6.07 Å². The van der Waals surface area contributed by atoms with E-state index in [-0.39, 0.29) is 0 Å². The molecule has 2 aromatic carbocycles. The lowest BCUT2D eigenvalue weighted by Crippen LogP contribution is -2.00. The molecule has 2 nitrogen and oxygen atoms in total. The van der Waals surface area contributed by atoms with E-state index in [0.717, 1.165) is 17.1 Å². The minimum absolute atomic E-state index is 0.508. The smallest absolute Gasteiger partial charge is 0.142 e. The highest BCUT2D eigenvalue weighted by molar-refractivity contribution is 6.36. The van der Waals surface area contributed by atoms with Crippen LogP contribution in [0, 0.1) is 6.92 Å². The van der Waals surface area contributed by atoms with Gasteiger partial charge in [-0.25, -0.2) is 4.98 Å². The Morgan fingerprint density at radius 2 is 1.78 bits per heavy atom. The largest absolute Gasteiger partial charge is 0.321 e. The number of nitrogens with zero attached hydrogens (tertiary/aromatic N) is 2. The molecular formula is C19H16Cl2N2. The average molecular weight is 343 g/mol. The first kappa shape index (κ1) is 14.8. The second-order valence-electron chi connectivity index (χ2n) is 5.96. The molecule has 1 heterocycles. The van der Waals surface area contributed by atoms with Gasteiger partial charge in [0.1, 0.15) is 5.82 Å². The van der Waals surface area contributed by atoms with Gasteiger partial charge in [0.25, 0.3) is 0 Å². The number of hydrogen-bond acceptors (Lipinski definition) is 1. The second kappa shape index (κ2) is 5.70. The van der Waals surface area contributed by atoms with Crippen molar-refractivity contribution < 1.29 is 0 Å². The van der Waals surface area contributed by atoms with Crippen LogP contribution >= 0.6 is 23.2 Å². The molecule has 0 amide bonds. The van der Waals surface area contributed by atoms with Crippen LogP contribution in [0.25, 0.3) is 22.6 Å². The molecule has 4 rings (SSSR count). The van der Waals surface area contributed by atoms with Gasteiger partial charge < -0.3 is 4.57 Å². The Bertz CT molecular complexity index is 865. The Morgan fingerprint density at radius 1 is 1.04 bits per heavy atom. The maximum atomic E-state index is 6.43. The van der Waals surface area contributed by atoms with Crippen LogP contribution in [0.4, 0.5) is 0 Å². The summed E-state index contributed by atoms with van der Waals surface area (Å²) in [7, 11) is 0. The topological polar surface area (TPSA) is 17.8 Å². The minimum atomic E-state index is 0.508. The van der Waals surface area contributed by atoms with Gasteiger partial charge >= 0.3 is 0 Å². The number of benzene rings is 2. The molecule has 1 saturated carbocycles. The van der Waals surface area contributed by atoms with Gasteiger partial charge in [0.15, 0.2) is 0 Å². The number of aromatic nitrogens is 2. The molecule has 23 heavy (non-hydrogen) atoms. The van der Waals surface area contributed by atoms with Crippen LogP contribution in [-0.2, 0) is 0 Å². The van der Waals surface area contributed by atoms with Crippen LogP contribution in [0.5, 0.6) is 0 Å². The summed E-state index contributed by atoms with van der Waals surface area (Å²) in [6.07, 6.45) is 2.38. The molecular weight excluding hydrogens is 327 g/mol. The molecule has 0 aliphatic heterocycles. The summed E-state index contributed by atoms with van der Waals surface area (Å²) in [4.78, 5) is 4.84. The third kappa shape index (κ3) is 2.66. The van der Waals surface area contributed by atoms with Crippen LogP contribution in [0.15, 0.2) is 48.5 Å². The highest BCUT2D eigenvalue weighted by atomic mass is 35.5. The van der Waals surface area contributed by atoms with Crippen LogP contribution in [0.3, 0.4) is 0 Å². The van der Waals surface area contributed by atoms with E-state index in [1.165, 1.54) is 24.1 Å². The molecule has 4 heteroatoms. The first-order valence-corrected chi connectivity index (χ1v) is 8.50. The van der Waals surface area contributed by atoms with E-state index >= 15 is 0 Å². The Hall–Kier alpha value is -1.77. The lowest BCUT2D eigenvalue weighted by Gasteiger charge is -2.12. The molecule has 1 aliphatic carbocycles. The number of rotatable bonds is 3. The number of aryl methyl sites for hydroxylation is 1. The van der Waals surface area contributed by atoms with Crippen molar-refractivity contribution in [3.63, 3.8) is 0 Å². The van der Waals surface area contributed by atoms with Crippen LogP contribution in [-0.4, -0.2) is 9.55 Å². The normalized spacial score (nSPS) is 14.2. The van der Waals surface area contributed by atoms with Crippen molar-refractivity contribution in [1.29, 1.82) is 0 Å². The predicted molar refractivity (Wildman–Crippen MR) is 96.1 cm³/mol. The van der Waals surface area contributed by atoms with Gasteiger partial charge in [0.05, 0.1) is 16.4 Å². The lowest BCUT2D eigenvalue weighted by atomic mass is 10.1. The van der Waals surface area contributed by atoms with Crippen molar-refractivity contribution in [3.05, 3.63) is 64.3 Å². The second-order valence-corrected chi connectivity index (χ2v) is 6.80. The third-order valence-corrected chi connectivity index (χ3v) is 4.76. The standard InChI is InChI=1S/C19H16Cl2N2/c1-12-18(13-5-3-2-4-6-13)23(15-8-9-15)19(22-12)16-10-7-14(20)11-17(16)21/h2-7,10-11,15H,8-9H2,1H3. The molecule has 0 atom stereocenters. The van der Waals surface area contributed by atoms with Crippen LogP contribution in [0.1, 0.15) is 24.6 Å². The Kier molecular flexibility index (Phi) is 3.67. The quantitative estimate of drug-likeness (QED) is 0.556. The maximum absolute atomic E-state index is 6.43. The van der Waals surface area contributed by atoms with Crippen molar-refractivity contribution in [2.24, 2.45) is 0 Å². The number of halogens is 2. The summed E-state index contributed by atoms with van der Waals surface area (Å²) in [5, 5.41) is 1.28. The highest BCUT2D eigenvalue weighted by Crippen LogP contribution is 2.44. The van der Waals surface area contributed by atoms with Gasteiger partial charge in [-0.05, 0) is 38.0 Å². The Balaban J connectivity index is 1.95. The summed E-state index contributed by atoms with van der Waals surface area (Å²) in [6, 6.07) is 16.5. The monoisotopic (exact) mass is 342 g/mol. The van der Waals surface area contributed by atoms with Crippen molar-refractivity contribution in [2.45, 2.75) is 25.8 Å². The Labute approximate surface area is 145 Å². The zero-order chi connectivity index (χ0) is 16.0. The molecule has 1 aromatic heterocycles. The molecule has 0 N–H and O–H groups in total. The average Bonchev–Trinajstić information content (AvgIpc) is 3.31. The van der Waals surface area contributed by atoms with Gasteiger partial charge in [0, 0.05) is 22.2 Å². The molecule has 0 unspecified atom stereocenters. The van der Waals surface area contributed by atoms with E-state index in [0.29, 0.717) is 16.1 Å². The van der Waals surface area contributed by atoms with Crippen molar-refractivity contribution in [1.82, 2.24) is 9.55 Å². The van der Waals surface area contributed by atoms with Crippen LogP contribution in [0.2, 0.25) is 10.0 Å². The fourth-order valence-electron chi connectivity index (χ4n) is 3.04. The number of imidazole rings is 1. The highest BCUT2D eigenvalue weighted by Gasteiger charge is 2.31. The third-order valence-electron chi connectivity index (χ3n) is 4.22. The van der Waals surface area contributed by atoms with Gasteiger partial charge in [-0.15, -0.1) is 0 Å². The van der Waals surface area contributed by atoms with Gasteiger partial charge in [-0.2, -0.15) is 0 Å². The van der Waals surface area contributed by atoms with Gasteiger partial charge in [-0.3, -0.25) is 0 Å². The fourth-order valence-corrected chi connectivity index (χ4v) is 3.53. The maximum Gasteiger partial charge on any atom is 0.142 e. The molecule has 0 radical (unpaired) electrons. The summed E-state index contributed by atoms with van der Waals surface area (Å²) in [6.45, 7) is 2.06. The molecule has 3 aromatic rings. The van der Waals surface area contributed by atoms with E-state index < -0.39 is 0 Å². The summed E-state index contributed by atoms with van der Waals surface area (Å²) in [5.41, 5.74) is 4.35. The lowest BCUT2D eigenvalue weighted by molar-refractivity contribution is 0.756. The first-order chi connectivity index (χ1) is 11.1. The fraction of sp³-hybridized carbons (Fsp3) is 0.211. The summed E-state index contributed by atoms with van der Waals surface area (Å²) in [5.74, 6) is 0.936. The van der Waals surface area contributed by atoms with E-state index in [4.69, 9.17) is 28.2 Å². The first-order valence-electron chi connectivity index (χ1n) is 7.75. The van der Waals surface area contributed by atoms with E-state index in [2.05, 4.69) is 35.8 Å². The molecule has 0 bridgehead atoms. The summed E-state index contributed by atoms with van der Waals surface area (Å²) < 4.78 is 2.35. The van der Waals surface area contributed by atoms with Crippen molar-refractivity contribution in [3.8, 4) is 22.6 Å². The summed E-state index contributed by atoms with van der Waals surface area (Å²) >= 11 is 12.5. The molecule has 1 fully saturated rings. The zero-order valence-electron chi connectivity index (χ0n) is 12.8. The van der Waals surface area contributed by atoms with E-state index in [1.807, 2.05) is 18.2 Å².